The molecule has 152 valence electrons. The van der Waals surface area contributed by atoms with E-state index in [1.54, 1.807) is 12.3 Å². The topological polar surface area (TPSA) is 97.2 Å². The lowest BCUT2D eigenvalue weighted by atomic mass is 10.1. The smallest absolute Gasteiger partial charge is 0.252 e. The van der Waals surface area contributed by atoms with Crippen LogP contribution in [0.4, 0.5) is 5.95 Å². The van der Waals surface area contributed by atoms with Crippen LogP contribution in [0.1, 0.15) is 50.1 Å². The van der Waals surface area contributed by atoms with E-state index in [-0.39, 0.29) is 17.6 Å². The summed E-state index contributed by atoms with van der Waals surface area (Å²) in [5.74, 6) is 0.559. The molecule has 1 unspecified atom stereocenters. The molecule has 1 saturated heterocycles. The number of nitrogens with one attached hydrogen (secondary N) is 1. The molecule has 8 nitrogen and oxygen atoms in total. The van der Waals surface area contributed by atoms with E-state index in [1.807, 2.05) is 16.4 Å². The number of anilines is 1. The van der Waals surface area contributed by atoms with E-state index in [4.69, 9.17) is 4.98 Å². The second-order valence-electron chi connectivity index (χ2n) is 8.06. The SMILES string of the molecule is Cc1cc(=O)n(C2CCCC2)c2nc(N3CCCC(NS(C)(=O)=O)C3)ncc12. The Morgan fingerprint density at radius 2 is 1.93 bits per heavy atom. The van der Waals surface area contributed by atoms with Gasteiger partial charge >= 0.3 is 0 Å². The maximum absolute atomic E-state index is 12.7. The van der Waals surface area contributed by atoms with Gasteiger partial charge in [0, 0.05) is 42.8 Å². The van der Waals surface area contributed by atoms with Crippen molar-refractivity contribution in [2.24, 2.45) is 0 Å². The Balaban J connectivity index is 1.72. The van der Waals surface area contributed by atoms with Crippen LogP contribution < -0.4 is 15.2 Å². The number of aromatic nitrogens is 3. The first kappa shape index (κ1) is 19.3. The first-order valence-electron chi connectivity index (χ1n) is 9.93. The summed E-state index contributed by atoms with van der Waals surface area (Å²) < 4.78 is 27.7. The van der Waals surface area contributed by atoms with Crippen LogP contribution in [0.3, 0.4) is 0 Å². The second kappa shape index (κ2) is 7.44. The van der Waals surface area contributed by atoms with Gasteiger partial charge in [-0.1, -0.05) is 12.8 Å². The van der Waals surface area contributed by atoms with Crippen molar-refractivity contribution in [3.8, 4) is 0 Å². The molecule has 1 saturated carbocycles. The zero-order valence-electron chi connectivity index (χ0n) is 16.4. The number of fused-ring (bicyclic) bond motifs is 1. The standard InChI is InChI=1S/C19H27N5O3S/c1-13-10-17(25)24(15-7-3-4-8-15)18-16(13)11-20-19(21-18)23-9-5-6-14(12-23)22-28(2,26)27/h10-11,14-15,22H,3-9,12H2,1-2H3. The number of nitrogens with zero attached hydrogens (tertiary/aromatic N) is 4. The molecule has 3 heterocycles. The molecule has 1 atom stereocenters. The van der Waals surface area contributed by atoms with E-state index in [1.165, 1.54) is 6.26 Å². The quantitative estimate of drug-likeness (QED) is 0.832. The molecule has 0 radical (unpaired) electrons. The molecule has 2 aromatic heterocycles. The highest BCUT2D eigenvalue weighted by atomic mass is 32.2. The molecule has 2 fully saturated rings. The van der Waals surface area contributed by atoms with Crippen LogP contribution >= 0.6 is 0 Å². The van der Waals surface area contributed by atoms with Crippen molar-refractivity contribution in [1.82, 2.24) is 19.3 Å². The maximum Gasteiger partial charge on any atom is 0.252 e. The Labute approximate surface area is 165 Å². The molecule has 0 aromatic carbocycles. The predicted molar refractivity (Wildman–Crippen MR) is 109 cm³/mol. The Bertz CT molecular complexity index is 1040. The summed E-state index contributed by atoms with van der Waals surface area (Å²) in [7, 11) is -3.26. The average molecular weight is 406 g/mol. The molecule has 0 amide bonds. The van der Waals surface area contributed by atoms with Gasteiger partial charge in [0.05, 0.1) is 6.26 Å². The van der Waals surface area contributed by atoms with Crippen LogP contribution in [0.15, 0.2) is 17.1 Å². The van der Waals surface area contributed by atoms with Gasteiger partial charge in [-0.3, -0.25) is 9.36 Å². The molecule has 1 aliphatic heterocycles. The van der Waals surface area contributed by atoms with Gasteiger partial charge < -0.3 is 4.90 Å². The first-order chi connectivity index (χ1) is 13.3. The van der Waals surface area contributed by atoms with Crippen LogP contribution in [0.5, 0.6) is 0 Å². The highest BCUT2D eigenvalue weighted by Crippen LogP contribution is 2.31. The van der Waals surface area contributed by atoms with Gasteiger partial charge in [0.1, 0.15) is 5.65 Å². The third kappa shape index (κ3) is 3.91. The third-order valence-electron chi connectivity index (χ3n) is 5.76. The zero-order valence-corrected chi connectivity index (χ0v) is 17.2. The van der Waals surface area contributed by atoms with Gasteiger partial charge in [0.2, 0.25) is 16.0 Å². The van der Waals surface area contributed by atoms with Crippen LogP contribution in [0, 0.1) is 6.92 Å². The summed E-state index contributed by atoms with van der Waals surface area (Å²) in [5.41, 5.74) is 1.58. The largest absolute Gasteiger partial charge is 0.339 e. The Morgan fingerprint density at radius 1 is 1.18 bits per heavy atom. The molecule has 9 heteroatoms. The van der Waals surface area contributed by atoms with Crippen molar-refractivity contribution in [3.05, 3.63) is 28.2 Å². The third-order valence-corrected chi connectivity index (χ3v) is 6.52. The number of pyridine rings is 1. The number of rotatable bonds is 4. The lowest BCUT2D eigenvalue weighted by molar-refractivity contribution is 0.463. The second-order valence-corrected chi connectivity index (χ2v) is 9.84. The van der Waals surface area contributed by atoms with E-state index in [0.29, 0.717) is 18.1 Å². The fraction of sp³-hybridized carbons (Fsp3) is 0.632. The predicted octanol–water partition coefficient (Wildman–Crippen LogP) is 1.73. The number of hydrogen-bond acceptors (Lipinski definition) is 6. The monoisotopic (exact) mass is 405 g/mol. The molecular weight excluding hydrogens is 378 g/mol. The maximum atomic E-state index is 12.7. The highest BCUT2D eigenvalue weighted by molar-refractivity contribution is 7.88. The van der Waals surface area contributed by atoms with E-state index < -0.39 is 10.0 Å². The van der Waals surface area contributed by atoms with Gasteiger partial charge in [-0.15, -0.1) is 0 Å². The summed E-state index contributed by atoms with van der Waals surface area (Å²) in [6.45, 7) is 3.21. The van der Waals surface area contributed by atoms with Crippen molar-refractivity contribution in [2.45, 2.75) is 57.5 Å². The van der Waals surface area contributed by atoms with Gasteiger partial charge in [-0.05, 0) is 38.2 Å². The van der Waals surface area contributed by atoms with Crippen molar-refractivity contribution in [1.29, 1.82) is 0 Å². The first-order valence-corrected chi connectivity index (χ1v) is 11.8. The van der Waals surface area contributed by atoms with Gasteiger partial charge in [0.25, 0.3) is 5.56 Å². The average Bonchev–Trinajstić information content (AvgIpc) is 3.14. The van der Waals surface area contributed by atoms with Gasteiger partial charge in [-0.25, -0.2) is 18.1 Å². The fourth-order valence-corrected chi connectivity index (χ4v) is 5.29. The summed E-state index contributed by atoms with van der Waals surface area (Å²) in [4.78, 5) is 24.1. The van der Waals surface area contributed by atoms with Crippen LogP contribution in [0.2, 0.25) is 0 Å². The Hall–Kier alpha value is -2.00. The Morgan fingerprint density at radius 3 is 2.64 bits per heavy atom. The van der Waals surface area contributed by atoms with E-state index >= 15 is 0 Å². The number of piperidine rings is 1. The van der Waals surface area contributed by atoms with Gasteiger partial charge in [-0.2, -0.15) is 4.98 Å². The summed E-state index contributed by atoms with van der Waals surface area (Å²) in [6, 6.07) is 1.72. The summed E-state index contributed by atoms with van der Waals surface area (Å²) >= 11 is 0. The van der Waals surface area contributed by atoms with Gasteiger partial charge in [0.15, 0.2) is 0 Å². The van der Waals surface area contributed by atoms with Crippen LogP contribution in [0.25, 0.3) is 11.0 Å². The normalized spacial score (nSPS) is 21.5. The van der Waals surface area contributed by atoms with E-state index in [2.05, 4.69) is 9.71 Å². The lowest BCUT2D eigenvalue weighted by Gasteiger charge is -2.33. The molecular formula is C19H27N5O3S. The molecule has 28 heavy (non-hydrogen) atoms. The van der Waals surface area contributed by atoms with Crippen LogP contribution in [-0.2, 0) is 10.0 Å². The molecule has 4 rings (SSSR count). The molecule has 2 aliphatic rings. The summed E-state index contributed by atoms with van der Waals surface area (Å²) in [5, 5.41) is 0.901. The number of sulfonamides is 1. The van der Waals surface area contributed by atoms with Crippen molar-refractivity contribution < 1.29 is 8.42 Å². The fourth-order valence-electron chi connectivity index (χ4n) is 4.49. The molecule has 1 aliphatic carbocycles. The number of aryl methyl sites for hydroxylation is 1. The molecule has 0 bridgehead atoms. The van der Waals surface area contributed by atoms with Crippen molar-refractivity contribution in [2.75, 3.05) is 24.2 Å². The zero-order chi connectivity index (χ0) is 19.9. The number of hydrogen-bond donors (Lipinski definition) is 1. The Kier molecular flexibility index (Phi) is 5.13. The van der Waals surface area contributed by atoms with E-state index in [0.717, 1.165) is 56.0 Å². The van der Waals surface area contributed by atoms with Crippen molar-refractivity contribution in [3.63, 3.8) is 0 Å². The lowest BCUT2D eigenvalue weighted by Crippen LogP contribution is -2.48. The highest BCUT2D eigenvalue weighted by Gasteiger charge is 2.26. The summed E-state index contributed by atoms with van der Waals surface area (Å²) in [6.07, 6.45) is 8.90. The molecule has 0 spiro atoms. The minimum absolute atomic E-state index is 0.00295. The van der Waals surface area contributed by atoms with Crippen molar-refractivity contribution >= 4 is 27.0 Å². The van der Waals surface area contributed by atoms with Crippen LogP contribution in [-0.4, -0.2) is 48.3 Å². The molecule has 2 aromatic rings. The minimum Gasteiger partial charge on any atom is -0.339 e. The molecule has 1 N–H and O–H groups in total. The van der Waals surface area contributed by atoms with E-state index in [9.17, 15) is 13.2 Å². The minimum atomic E-state index is -3.26.